The first-order chi connectivity index (χ1) is 7.06. The maximum absolute atomic E-state index is 11.3. The molecule has 0 bridgehead atoms. The van der Waals surface area contributed by atoms with Crippen LogP contribution in [0.2, 0.25) is 10.0 Å². The first-order valence-corrected chi connectivity index (χ1v) is 5.44. The summed E-state index contributed by atoms with van der Waals surface area (Å²) in [6.45, 7) is 3.97. The van der Waals surface area contributed by atoms with Gasteiger partial charge in [0.15, 0.2) is 5.78 Å². The highest BCUT2D eigenvalue weighted by atomic mass is 35.5. The molecular formula is C11H12Cl2O2. The smallest absolute Gasteiger partial charge is 0.163 e. The molecule has 0 saturated heterocycles. The molecule has 0 heterocycles. The molecule has 0 aliphatic carbocycles. The molecule has 0 unspecified atom stereocenters. The highest BCUT2D eigenvalue weighted by Gasteiger charge is 2.13. The van der Waals surface area contributed by atoms with Crippen LogP contribution in [0, 0.1) is 0 Å². The zero-order valence-electron chi connectivity index (χ0n) is 8.64. The van der Waals surface area contributed by atoms with Crippen LogP contribution in [0.25, 0.3) is 0 Å². The van der Waals surface area contributed by atoms with Crippen molar-refractivity contribution in [1.29, 1.82) is 0 Å². The summed E-state index contributed by atoms with van der Waals surface area (Å²) in [6.07, 6.45) is 0.857. The lowest BCUT2D eigenvalue weighted by Crippen LogP contribution is -2.02. The van der Waals surface area contributed by atoms with E-state index in [1.165, 1.54) is 6.92 Å². The zero-order valence-corrected chi connectivity index (χ0v) is 10.2. The lowest BCUT2D eigenvalue weighted by Gasteiger charge is -2.11. The normalized spacial score (nSPS) is 10.1. The lowest BCUT2D eigenvalue weighted by atomic mass is 10.1. The van der Waals surface area contributed by atoms with E-state index in [-0.39, 0.29) is 5.78 Å². The summed E-state index contributed by atoms with van der Waals surface area (Å²) in [5, 5.41) is 0.815. The van der Waals surface area contributed by atoms with E-state index in [1.807, 2.05) is 6.92 Å². The highest BCUT2D eigenvalue weighted by molar-refractivity contribution is 6.36. The number of ketones is 1. The molecule has 0 aliphatic heterocycles. The van der Waals surface area contributed by atoms with E-state index >= 15 is 0 Å². The molecule has 4 heteroatoms. The van der Waals surface area contributed by atoms with Gasteiger partial charge in [-0.3, -0.25) is 4.79 Å². The van der Waals surface area contributed by atoms with Gasteiger partial charge in [-0.1, -0.05) is 30.1 Å². The second-order valence-electron chi connectivity index (χ2n) is 3.17. The van der Waals surface area contributed by atoms with E-state index in [0.29, 0.717) is 28.0 Å². The van der Waals surface area contributed by atoms with Gasteiger partial charge >= 0.3 is 0 Å². The zero-order chi connectivity index (χ0) is 11.4. The van der Waals surface area contributed by atoms with E-state index in [9.17, 15) is 4.79 Å². The van der Waals surface area contributed by atoms with Gasteiger partial charge in [0.25, 0.3) is 0 Å². The second kappa shape index (κ2) is 5.38. The quantitative estimate of drug-likeness (QED) is 0.752. The van der Waals surface area contributed by atoms with Gasteiger partial charge in [0, 0.05) is 5.02 Å². The van der Waals surface area contributed by atoms with Crippen LogP contribution in [0.15, 0.2) is 12.1 Å². The molecule has 0 aromatic heterocycles. The van der Waals surface area contributed by atoms with Crippen LogP contribution < -0.4 is 4.74 Å². The Bertz CT molecular complexity index is 375. The largest absolute Gasteiger partial charge is 0.491 e. The van der Waals surface area contributed by atoms with Gasteiger partial charge in [0.05, 0.1) is 17.2 Å². The Morgan fingerprint density at radius 2 is 2.07 bits per heavy atom. The van der Waals surface area contributed by atoms with Crippen LogP contribution in [0.3, 0.4) is 0 Å². The molecular weight excluding hydrogens is 235 g/mol. The van der Waals surface area contributed by atoms with E-state index < -0.39 is 0 Å². The number of benzene rings is 1. The molecule has 1 aromatic carbocycles. The van der Waals surface area contributed by atoms with Crippen LogP contribution in [-0.4, -0.2) is 12.4 Å². The molecule has 0 saturated carbocycles. The Hall–Kier alpha value is -0.730. The summed E-state index contributed by atoms with van der Waals surface area (Å²) in [6, 6.07) is 3.14. The maximum Gasteiger partial charge on any atom is 0.163 e. The fourth-order valence-corrected chi connectivity index (χ4v) is 1.72. The Morgan fingerprint density at radius 3 is 2.60 bits per heavy atom. The van der Waals surface area contributed by atoms with E-state index in [1.54, 1.807) is 12.1 Å². The number of rotatable bonds is 4. The van der Waals surface area contributed by atoms with Crippen molar-refractivity contribution in [1.82, 2.24) is 0 Å². The van der Waals surface area contributed by atoms with Crippen LogP contribution in [-0.2, 0) is 0 Å². The number of hydrogen-bond acceptors (Lipinski definition) is 2. The average Bonchev–Trinajstić information content (AvgIpc) is 2.15. The molecule has 0 spiro atoms. The third kappa shape index (κ3) is 3.11. The topological polar surface area (TPSA) is 26.3 Å². The first kappa shape index (κ1) is 12.3. The van der Waals surface area contributed by atoms with Crippen LogP contribution >= 0.6 is 23.2 Å². The van der Waals surface area contributed by atoms with Crippen molar-refractivity contribution in [2.45, 2.75) is 20.3 Å². The van der Waals surface area contributed by atoms with E-state index in [0.717, 1.165) is 6.42 Å². The van der Waals surface area contributed by atoms with E-state index in [4.69, 9.17) is 27.9 Å². The Kier molecular flexibility index (Phi) is 4.43. The van der Waals surface area contributed by atoms with Crippen molar-refractivity contribution in [3.8, 4) is 5.75 Å². The predicted octanol–water partition coefficient (Wildman–Crippen LogP) is 3.98. The second-order valence-corrected chi connectivity index (χ2v) is 4.01. The fourth-order valence-electron chi connectivity index (χ4n) is 1.17. The molecule has 0 radical (unpaired) electrons. The van der Waals surface area contributed by atoms with Crippen molar-refractivity contribution in [2.75, 3.05) is 6.61 Å². The molecule has 2 nitrogen and oxygen atoms in total. The third-order valence-corrected chi connectivity index (χ3v) is 2.34. The SMILES string of the molecule is CCCOc1c(Cl)cc(Cl)cc1C(C)=O. The van der Waals surface area contributed by atoms with Crippen molar-refractivity contribution in [3.05, 3.63) is 27.7 Å². The minimum atomic E-state index is -0.106. The van der Waals surface area contributed by atoms with Gasteiger partial charge in [-0.2, -0.15) is 0 Å². The monoisotopic (exact) mass is 246 g/mol. The molecule has 0 aliphatic rings. The third-order valence-electron chi connectivity index (χ3n) is 1.84. The van der Waals surface area contributed by atoms with Crippen molar-refractivity contribution in [3.63, 3.8) is 0 Å². The number of halogens is 2. The molecule has 0 atom stereocenters. The van der Waals surface area contributed by atoms with Gasteiger partial charge in [-0.15, -0.1) is 0 Å². The minimum absolute atomic E-state index is 0.106. The average molecular weight is 247 g/mol. The van der Waals surface area contributed by atoms with Crippen LogP contribution in [0.1, 0.15) is 30.6 Å². The Labute approximate surface area is 99.1 Å². The summed E-state index contributed by atoms with van der Waals surface area (Å²) in [4.78, 5) is 11.3. The first-order valence-electron chi connectivity index (χ1n) is 4.69. The Balaban J connectivity index is 3.15. The number of ether oxygens (including phenoxy) is 1. The summed E-state index contributed by atoms with van der Waals surface area (Å²) >= 11 is 11.8. The van der Waals surface area contributed by atoms with E-state index in [2.05, 4.69) is 0 Å². The molecule has 0 N–H and O–H groups in total. The number of carbonyl (C=O) groups is 1. The van der Waals surface area contributed by atoms with Gasteiger partial charge in [-0.05, 0) is 25.5 Å². The number of carbonyl (C=O) groups excluding carboxylic acids is 1. The molecule has 0 fully saturated rings. The van der Waals surface area contributed by atoms with Crippen molar-refractivity contribution in [2.24, 2.45) is 0 Å². The predicted molar refractivity (Wildman–Crippen MR) is 62.3 cm³/mol. The van der Waals surface area contributed by atoms with Crippen molar-refractivity contribution < 1.29 is 9.53 Å². The Morgan fingerprint density at radius 1 is 1.40 bits per heavy atom. The summed E-state index contributed by atoms with van der Waals surface area (Å²) in [7, 11) is 0. The minimum Gasteiger partial charge on any atom is -0.491 e. The molecule has 0 amide bonds. The highest BCUT2D eigenvalue weighted by Crippen LogP contribution is 2.32. The van der Waals surface area contributed by atoms with Gasteiger partial charge in [-0.25, -0.2) is 0 Å². The van der Waals surface area contributed by atoms with Gasteiger partial charge in [0.1, 0.15) is 5.75 Å². The lowest BCUT2D eigenvalue weighted by molar-refractivity contribution is 0.101. The van der Waals surface area contributed by atoms with Crippen LogP contribution in [0.4, 0.5) is 0 Å². The maximum atomic E-state index is 11.3. The fraction of sp³-hybridized carbons (Fsp3) is 0.364. The van der Waals surface area contributed by atoms with Gasteiger partial charge in [0.2, 0.25) is 0 Å². The summed E-state index contributed by atoms with van der Waals surface area (Å²) < 4.78 is 5.42. The number of Topliss-reactive ketones (excluding diaryl/α,β-unsaturated/α-hetero) is 1. The molecule has 82 valence electrons. The van der Waals surface area contributed by atoms with Gasteiger partial charge < -0.3 is 4.74 Å². The molecule has 1 rings (SSSR count). The molecule has 1 aromatic rings. The number of hydrogen-bond donors (Lipinski definition) is 0. The summed E-state index contributed by atoms with van der Waals surface area (Å²) in [5.41, 5.74) is 0.431. The van der Waals surface area contributed by atoms with Crippen LogP contribution in [0.5, 0.6) is 5.75 Å². The standard InChI is InChI=1S/C11H12Cl2O2/c1-3-4-15-11-9(7(2)14)5-8(12)6-10(11)13/h5-6H,3-4H2,1-2H3. The summed E-state index contributed by atoms with van der Waals surface area (Å²) in [5.74, 6) is 0.320. The van der Waals surface area contributed by atoms with Crippen molar-refractivity contribution >= 4 is 29.0 Å². The molecule has 15 heavy (non-hydrogen) atoms.